The molecule has 0 saturated carbocycles. The summed E-state index contributed by atoms with van der Waals surface area (Å²) in [6.45, 7) is 3.46. The first kappa shape index (κ1) is 19.9. The summed E-state index contributed by atoms with van der Waals surface area (Å²) in [5, 5.41) is 5.37. The molecule has 0 aliphatic rings. The molecule has 0 aliphatic carbocycles. The molecule has 2 aromatic carbocycles. The third-order valence-electron chi connectivity index (χ3n) is 3.26. The Morgan fingerprint density at radius 3 is 2.50 bits per heavy atom. The number of anilines is 2. The van der Waals surface area contributed by atoms with Crippen LogP contribution in [-0.2, 0) is 11.0 Å². The second-order valence-corrected chi connectivity index (χ2v) is 6.16. The number of carbonyl (C=O) groups excluding carboxylic acids is 1. The van der Waals surface area contributed by atoms with Gasteiger partial charge in [0.15, 0.2) is 0 Å². The van der Waals surface area contributed by atoms with E-state index in [0.717, 1.165) is 18.2 Å². The van der Waals surface area contributed by atoms with Gasteiger partial charge in [0.25, 0.3) is 0 Å². The zero-order valence-electron chi connectivity index (χ0n) is 14.2. The molecule has 0 bridgehead atoms. The minimum absolute atomic E-state index is 0.0309. The van der Waals surface area contributed by atoms with Gasteiger partial charge in [-0.05, 0) is 44.2 Å². The summed E-state index contributed by atoms with van der Waals surface area (Å²) < 4.78 is 43.9. The monoisotopic (exact) mass is 386 g/mol. The molecule has 8 heteroatoms. The van der Waals surface area contributed by atoms with Gasteiger partial charge in [-0.1, -0.05) is 23.7 Å². The van der Waals surface area contributed by atoms with E-state index in [2.05, 4.69) is 10.6 Å². The van der Waals surface area contributed by atoms with E-state index in [1.165, 1.54) is 0 Å². The topological polar surface area (TPSA) is 50.4 Å². The highest BCUT2D eigenvalue weighted by molar-refractivity contribution is 6.33. The van der Waals surface area contributed by atoms with Crippen LogP contribution in [0.25, 0.3) is 0 Å². The summed E-state index contributed by atoms with van der Waals surface area (Å²) in [4.78, 5) is 12.1. The minimum atomic E-state index is -4.49. The second kappa shape index (κ2) is 8.31. The van der Waals surface area contributed by atoms with Crippen LogP contribution in [-0.4, -0.2) is 18.6 Å². The number of hydrogen-bond donors (Lipinski definition) is 2. The molecule has 2 N–H and O–H groups in total. The van der Waals surface area contributed by atoms with Crippen molar-refractivity contribution in [3.05, 3.63) is 53.1 Å². The van der Waals surface area contributed by atoms with Gasteiger partial charge in [-0.15, -0.1) is 0 Å². The van der Waals surface area contributed by atoms with Gasteiger partial charge >= 0.3 is 6.18 Å². The van der Waals surface area contributed by atoms with E-state index in [1.807, 2.05) is 13.8 Å². The molecule has 0 unspecified atom stereocenters. The Morgan fingerprint density at radius 1 is 1.15 bits per heavy atom. The first-order valence-electron chi connectivity index (χ1n) is 7.83. The molecule has 1 amide bonds. The Bertz CT molecular complexity index is 779. The summed E-state index contributed by atoms with van der Waals surface area (Å²) in [6, 6.07) is 9.78. The fourth-order valence-corrected chi connectivity index (χ4v) is 2.32. The van der Waals surface area contributed by atoms with Crippen molar-refractivity contribution in [3.8, 4) is 5.75 Å². The van der Waals surface area contributed by atoms with Gasteiger partial charge in [-0.25, -0.2) is 0 Å². The molecule has 2 aromatic rings. The quantitative estimate of drug-likeness (QED) is 0.717. The fourth-order valence-electron chi connectivity index (χ4n) is 2.13. The van der Waals surface area contributed by atoms with E-state index in [9.17, 15) is 18.0 Å². The van der Waals surface area contributed by atoms with Crippen molar-refractivity contribution in [1.29, 1.82) is 0 Å². The predicted molar refractivity (Wildman–Crippen MR) is 95.8 cm³/mol. The zero-order valence-corrected chi connectivity index (χ0v) is 14.9. The molecule has 0 radical (unpaired) electrons. The number of nitrogens with one attached hydrogen (secondary N) is 2. The summed E-state index contributed by atoms with van der Waals surface area (Å²) in [6.07, 6.45) is -4.56. The number of alkyl halides is 3. The Morgan fingerprint density at radius 2 is 1.85 bits per heavy atom. The average molecular weight is 387 g/mol. The van der Waals surface area contributed by atoms with Crippen molar-refractivity contribution < 1.29 is 22.7 Å². The highest BCUT2D eigenvalue weighted by Crippen LogP contribution is 2.33. The normalized spacial score (nSPS) is 11.3. The number of benzene rings is 2. The van der Waals surface area contributed by atoms with E-state index >= 15 is 0 Å². The van der Waals surface area contributed by atoms with Crippen LogP contribution in [0.3, 0.4) is 0 Å². The molecule has 0 heterocycles. The van der Waals surface area contributed by atoms with Crippen LogP contribution < -0.4 is 15.4 Å². The summed E-state index contributed by atoms with van der Waals surface area (Å²) in [5.74, 6) is 0.0613. The molecular weight excluding hydrogens is 369 g/mol. The molecule has 0 atom stereocenters. The van der Waals surface area contributed by atoms with Crippen molar-refractivity contribution in [1.82, 2.24) is 0 Å². The number of hydrogen-bond acceptors (Lipinski definition) is 3. The third-order valence-corrected chi connectivity index (χ3v) is 3.59. The van der Waals surface area contributed by atoms with Gasteiger partial charge in [0, 0.05) is 0 Å². The molecule has 0 fully saturated rings. The van der Waals surface area contributed by atoms with E-state index in [-0.39, 0.29) is 23.4 Å². The maximum absolute atomic E-state index is 12.8. The van der Waals surface area contributed by atoms with Crippen LogP contribution >= 0.6 is 11.6 Å². The van der Waals surface area contributed by atoms with Crippen molar-refractivity contribution in [2.75, 3.05) is 17.2 Å². The van der Waals surface area contributed by atoms with Crippen molar-refractivity contribution in [3.63, 3.8) is 0 Å². The summed E-state index contributed by atoms with van der Waals surface area (Å²) in [5.41, 5.74) is -0.341. The lowest BCUT2D eigenvalue weighted by Crippen LogP contribution is -2.22. The molecule has 140 valence electrons. The Labute approximate surface area is 154 Å². The molecule has 0 aromatic heterocycles. The van der Waals surface area contributed by atoms with Crippen LogP contribution in [0.5, 0.6) is 5.75 Å². The number of amides is 1. The standard InChI is InChI=1S/C18H18ClF3N2O2/c1-11(2)26-16-6-4-3-5-14(16)24-17(25)10-23-15-9-12(18(20,21)22)7-8-13(15)19/h3-9,11,23H,10H2,1-2H3,(H,24,25). The van der Waals surface area contributed by atoms with Gasteiger partial charge in [0.2, 0.25) is 5.91 Å². The van der Waals surface area contributed by atoms with E-state index < -0.39 is 17.6 Å². The Kier molecular flexibility index (Phi) is 6.37. The molecule has 2 rings (SSSR count). The number of halogens is 4. The number of rotatable bonds is 6. The highest BCUT2D eigenvalue weighted by atomic mass is 35.5. The molecule has 4 nitrogen and oxygen atoms in total. The molecule has 0 aliphatic heterocycles. The predicted octanol–water partition coefficient (Wildman–Crippen LogP) is 5.20. The van der Waals surface area contributed by atoms with Crippen LogP contribution in [0, 0.1) is 0 Å². The van der Waals surface area contributed by atoms with Crippen LogP contribution in [0.2, 0.25) is 5.02 Å². The second-order valence-electron chi connectivity index (χ2n) is 5.76. The number of ether oxygens (including phenoxy) is 1. The maximum atomic E-state index is 12.8. The van der Waals surface area contributed by atoms with Gasteiger partial charge < -0.3 is 15.4 Å². The van der Waals surface area contributed by atoms with E-state index in [4.69, 9.17) is 16.3 Å². The lowest BCUT2D eigenvalue weighted by molar-refractivity contribution is -0.137. The summed E-state index contributed by atoms with van der Waals surface area (Å²) >= 11 is 5.89. The fraction of sp³-hybridized carbons (Fsp3) is 0.278. The number of carbonyl (C=O) groups is 1. The lowest BCUT2D eigenvalue weighted by Gasteiger charge is -2.15. The number of para-hydroxylation sites is 2. The SMILES string of the molecule is CC(C)Oc1ccccc1NC(=O)CNc1cc(C(F)(F)F)ccc1Cl. The van der Waals surface area contributed by atoms with Crippen molar-refractivity contribution in [2.45, 2.75) is 26.1 Å². The van der Waals surface area contributed by atoms with Crippen molar-refractivity contribution in [2.24, 2.45) is 0 Å². The first-order valence-corrected chi connectivity index (χ1v) is 8.21. The van der Waals surface area contributed by atoms with Crippen LogP contribution in [0.1, 0.15) is 19.4 Å². The lowest BCUT2D eigenvalue weighted by atomic mass is 10.2. The smallest absolute Gasteiger partial charge is 0.416 e. The van der Waals surface area contributed by atoms with Crippen LogP contribution in [0.15, 0.2) is 42.5 Å². The van der Waals surface area contributed by atoms with Crippen LogP contribution in [0.4, 0.5) is 24.5 Å². The highest BCUT2D eigenvalue weighted by Gasteiger charge is 2.31. The van der Waals surface area contributed by atoms with Crippen molar-refractivity contribution >= 4 is 28.9 Å². The van der Waals surface area contributed by atoms with Gasteiger partial charge in [0.05, 0.1) is 34.6 Å². The molecular formula is C18H18ClF3N2O2. The minimum Gasteiger partial charge on any atom is -0.489 e. The zero-order chi connectivity index (χ0) is 19.3. The summed E-state index contributed by atoms with van der Waals surface area (Å²) in [7, 11) is 0. The van der Waals surface area contributed by atoms with Gasteiger partial charge in [0.1, 0.15) is 5.75 Å². The third kappa shape index (κ3) is 5.56. The molecule has 0 saturated heterocycles. The van der Waals surface area contributed by atoms with Gasteiger partial charge in [-0.2, -0.15) is 13.2 Å². The van der Waals surface area contributed by atoms with E-state index in [0.29, 0.717) is 11.4 Å². The Balaban J connectivity index is 2.04. The molecule has 26 heavy (non-hydrogen) atoms. The largest absolute Gasteiger partial charge is 0.489 e. The maximum Gasteiger partial charge on any atom is 0.416 e. The Hall–Kier alpha value is -2.41. The van der Waals surface area contributed by atoms with Gasteiger partial charge in [-0.3, -0.25) is 4.79 Å². The average Bonchev–Trinajstić information content (AvgIpc) is 2.54. The molecule has 0 spiro atoms. The van der Waals surface area contributed by atoms with E-state index in [1.54, 1.807) is 24.3 Å². The first-order chi connectivity index (χ1) is 12.2.